The smallest absolute Gasteiger partial charge is 0.329 e. The van der Waals surface area contributed by atoms with Crippen LogP contribution in [0.5, 0.6) is 11.5 Å². The average Bonchev–Trinajstić information content (AvgIpc) is 3.67. The second-order valence-corrected chi connectivity index (χ2v) is 9.30. The number of nitrogens with zero attached hydrogens (tertiary/aromatic N) is 5. The summed E-state index contributed by atoms with van der Waals surface area (Å²) >= 11 is 0. The van der Waals surface area contributed by atoms with E-state index in [1.165, 1.54) is 13.3 Å². The maximum Gasteiger partial charge on any atom is 0.329 e. The Morgan fingerprint density at radius 3 is 2.95 bits per heavy atom. The predicted octanol–water partition coefficient (Wildman–Crippen LogP) is 1.29. The molecule has 3 aliphatic rings. The minimum Gasteiger partial charge on any atom is -0.491 e. The maximum absolute atomic E-state index is 12.8. The summed E-state index contributed by atoms with van der Waals surface area (Å²) in [5.41, 5.74) is 1.13. The summed E-state index contributed by atoms with van der Waals surface area (Å²) in [6, 6.07) is 6.57. The Balaban J connectivity index is 1.22. The van der Waals surface area contributed by atoms with E-state index in [0.717, 1.165) is 11.2 Å². The molecular formula is C26H26N6O6. The van der Waals surface area contributed by atoms with Gasteiger partial charge in [-0.25, -0.2) is 9.78 Å². The number of hydrogen-bond acceptors (Lipinski definition) is 9. The van der Waals surface area contributed by atoms with Crippen molar-refractivity contribution in [1.82, 2.24) is 19.4 Å². The highest BCUT2D eigenvalue weighted by Crippen LogP contribution is 2.37. The van der Waals surface area contributed by atoms with Crippen LogP contribution in [0.4, 0.5) is 5.82 Å². The lowest BCUT2D eigenvalue weighted by Crippen LogP contribution is -2.44. The van der Waals surface area contributed by atoms with Gasteiger partial charge in [-0.3, -0.25) is 19.1 Å². The number of anilines is 1. The first kappa shape index (κ1) is 23.9. The molecule has 2 amide bonds. The van der Waals surface area contributed by atoms with E-state index in [1.807, 2.05) is 10.6 Å². The number of rotatable bonds is 7. The van der Waals surface area contributed by atoms with Crippen molar-refractivity contribution in [3.63, 3.8) is 0 Å². The number of esters is 1. The molecule has 3 aromatic rings. The number of benzene rings is 1. The first-order valence-electron chi connectivity index (χ1n) is 12.5. The number of methoxy groups -OCH3 is 1. The highest BCUT2D eigenvalue weighted by molar-refractivity contribution is 5.96. The van der Waals surface area contributed by atoms with Crippen LogP contribution in [0.3, 0.4) is 0 Å². The molecule has 0 aliphatic carbocycles. The Hall–Kier alpha value is -4.48. The number of morpholine rings is 1. The van der Waals surface area contributed by atoms with Crippen molar-refractivity contribution in [2.24, 2.45) is 4.99 Å². The number of ether oxygens (including phenoxy) is 3. The van der Waals surface area contributed by atoms with E-state index in [-0.39, 0.29) is 36.6 Å². The summed E-state index contributed by atoms with van der Waals surface area (Å²) in [7, 11) is 1.53. The molecular weight excluding hydrogens is 492 g/mol. The fourth-order valence-corrected chi connectivity index (χ4v) is 5.16. The Kier molecular flexibility index (Phi) is 6.14. The zero-order chi connectivity index (χ0) is 26.2. The average molecular weight is 519 g/mol. The number of pyridine rings is 1. The van der Waals surface area contributed by atoms with Crippen molar-refractivity contribution in [3.05, 3.63) is 47.8 Å². The van der Waals surface area contributed by atoms with Crippen molar-refractivity contribution in [1.29, 1.82) is 0 Å². The molecule has 12 heteroatoms. The van der Waals surface area contributed by atoms with Crippen LogP contribution in [0.1, 0.15) is 29.6 Å². The minimum absolute atomic E-state index is 0.0758. The molecule has 2 bridgehead atoms. The topological polar surface area (TPSA) is 137 Å². The molecule has 2 saturated heterocycles. The van der Waals surface area contributed by atoms with Crippen LogP contribution in [0, 0.1) is 0 Å². The second-order valence-electron chi connectivity index (χ2n) is 9.30. The molecule has 0 saturated carbocycles. The summed E-state index contributed by atoms with van der Waals surface area (Å²) in [5, 5.41) is 4.15. The van der Waals surface area contributed by atoms with Gasteiger partial charge in [0.2, 0.25) is 11.5 Å². The number of carbonyl (C=O) groups excluding carboxylic acids is 3. The second kappa shape index (κ2) is 9.77. The molecule has 6 rings (SSSR count). The lowest BCUT2D eigenvalue weighted by Gasteiger charge is -2.25. The van der Waals surface area contributed by atoms with Gasteiger partial charge in [0, 0.05) is 43.7 Å². The van der Waals surface area contributed by atoms with Gasteiger partial charge < -0.3 is 24.4 Å². The first-order chi connectivity index (χ1) is 18.5. The molecule has 2 atom stereocenters. The lowest BCUT2D eigenvalue weighted by molar-refractivity contribution is -0.157. The lowest BCUT2D eigenvalue weighted by atomic mass is 10.2. The molecule has 12 nitrogen and oxygen atoms in total. The van der Waals surface area contributed by atoms with Crippen molar-refractivity contribution in [2.75, 3.05) is 32.1 Å². The van der Waals surface area contributed by atoms with Crippen molar-refractivity contribution in [3.8, 4) is 11.5 Å². The molecule has 0 radical (unpaired) electrons. The molecule has 38 heavy (non-hydrogen) atoms. The third-order valence-electron chi connectivity index (χ3n) is 6.95. The van der Waals surface area contributed by atoms with Crippen LogP contribution in [-0.2, 0) is 20.9 Å². The predicted molar refractivity (Wildman–Crippen MR) is 134 cm³/mol. The SMILES string of the molecule is COc1c(OCCCC(=O)N2C[C@H]3C[C@@H]2C(=O)O3)ccc2c3n(c(=NC(=O)c4cccnc4)nc12)CCN3. The van der Waals surface area contributed by atoms with E-state index in [9.17, 15) is 14.4 Å². The number of carbonyl (C=O) groups is 3. The van der Waals surface area contributed by atoms with Crippen LogP contribution < -0.4 is 20.4 Å². The zero-order valence-corrected chi connectivity index (χ0v) is 20.8. The third kappa shape index (κ3) is 4.21. The first-order valence-corrected chi connectivity index (χ1v) is 12.5. The largest absolute Gasteiger partial charge is 0.491 e. The van der Waals surface area contributed by atoms with Crippen molar-refractivity contribution in [2.45, 2.75) is 38.0 Å². The fourth-order valence-electron chi connectivity index (χ4n) is 5.16. The van der Waals surface area contributed by atoms with Crippen LogP contribution in [0.15, 0.2) is 41.7 Å². The van der Waals surface area contributed by atoms with E-state index >= 15 is 0 Å². The number of aromatic nitrogens is 3. The summed E-state index contributed by atoms with van der Waals surface area (Å²) in [4.78, 5) is 51.7. The standard InChI is InChI=1S/C26H26N6O6/c1-36-22-19(37-11-3-5-20(33)32-14-16-12-18(32)25(35)38-16)7-6-17-21(22)29-26(31-10-9-28-23(17)31)30-24(34)15-4-2-8-27-13-15/h2,4,6-8,13,16,18,28H,3,5,9-12,14H2,1H3/t16-,18-/m1/s1. The van der Waals surface area contributed by atoms with Crippen LogP contribution in [0.25, 0.3) is 10.9 Å². The van der Waals surface area contributed by atoms with Gasteiger partial charge in [-0.2, -0.15) is 4.99 Å². The van der Waals surface area contributed by atoms with E-state index < -0.39 is 11.9 Å². The monoisotopic (exact) mass is 518 g/mol. The Bertz CT molecular complexity index is 1500. The number of nitrogens with one attached hydrogen (secondary N) is 1. The van der Waals surface area contributed by atoms with E-state index in [2.05, 4.69) is 20.3 Å². The van der Waals surface area contributed by atoms with Crippen LogP contribution in [0.2, 0.25) is 0 Å². The minimum atomic E-state index is -0.446. The summed E-state index contributed by atoms with van der Waals surface area (Å²) < 4.78 is 18.7. The van der Waals surface area contributed by atoms with Crippen molar-refractivity contribution < 1.29 is 28.6 Å². The van der Waals surface area contributed by atoms with Crippen LogP contribution in [-0.4, -0.2) is 76.2 Å². The summed E-state index contributed by atoms with van der Waals surface area (Å²) in [6.07, 6.45) is 4.20. The zero-order valence-electron chi connectivity index (χ0n) is 20.8. The van der Waals surface area contributed by atoms with Crippen LogP contribution >= 0.6 is 0 Å². The number of fused-ring (bicyclic) bond motifs is 5. The number of amides is 2. The highest BCUT2D eigenvalue weighted by atomic mass is 16.6. The Labute approximate surface area is 217 Å². The van der Waals surface area contributed by atoms with Gasteiger partial charge in [0.1, 0.15) is 23.5 Å². The molecule has 5 heterocycles. The molecule has 3 aliphatic heterocycles. The summed E-state index contributed by atoms with van der Waals surface area (Å²) in [6.45, 7) is 2.03. The van der Waals surface area contributed by atoms with Gasteiger partial charge in [-0.05, 0) is 30.7 Å². The molecule has 2 fully saturated rings. The van der Waals surface area contributed by atoms with E-state index in [1.54, 1.807) is 29.3 Å². The van der Waals surface area contributed by atoms with E-state index in [0.29, 0.717) is 55.1 Å². The fraction of sp³-hybridized carbons (Fsp3) is 0.385. The highest BCUT2D eigenvalue weighted by Gasteiger charge is 2.48. The molecule has 2 aromatic heterocycles. The molecule has 1 N–H and O–H groups in total. The van der Waals surface area contributed by atoms with Gasteiger partial charge in [-0.1, -0.05) is 0 Å². The number of likely N-dealkylation sites (tertiary alicyclic amines) is 1. The Morgan fingerprint density at radius 1 is 1.29 bits per heavy atom. The van der Waals surface area contributed by atoms with Gasteiger partial charge in [0.05, 0.1) is 25.8 Å². The normalized spacial score (nSPS) is 19.9. The van der Waals surface area contributed by atoms with Gasteiger partial charge in [0.25, 0.3) is 5.91 Å². The molecule has 196 valence electrons. The molecule has 0 unspecified atom stereocenters. The Morgan fingerprint density at radius 2 is 2.18 bits per heavy atom. The van der Waals surface area contributed by atoms with Gasteiger partial charge >= 0.3 is 5.97 Å². The number of hydrogen-bond donors (Lipinski definition) is 1. The molecule has 0 spiro atoms. The van der Waals surface area contributed by atoms with Crippen molar-refractivity contribution >= 4 is 34.5 Å². The van der Waals surface area contributed by atoms with Gasteiger partial charge in [0.15, 0.2) is 11.5 Å². The van der Waals surface area contributed by atoms with E-state index in [4.69, 9.17) is 14.2 Å². The third-order valence-corrected chi connectivity index (χ3v) is 6.95. The maximum atomic E-state index is 12.8. The van der Waals surface area contributed by atoms with Gasteiger partial charge in [-0.15, -0.1) is 0 Å². The quantitative estimate of drug-likeness (QED) is 0.362. The summed E-state index contributed by atoms with van der Waals surface area (Å²) in [5.74, 6) is 0.843. The molecule has 1 aromatic carbocycles.